The fourth-order valence-corrected chi connectivity index (χ4v) is 8.34. The molecule has 12 heteroatoms. The Kier molecular flexibility index (Phi) is 8.35. The van der Waals surface area contributed by atoms with E-state index in [0.717, 1.165) is 53.7 Å². The van der Waals surface area contributed by atoms with E-state index in [2.05, 4.69) is 46.4 Å². The van der Waals surface area contributed by atoms with E-state index < -0.39 is 10.0 Å². The highest BCUT2D eigenvalue weighted by molar-refractivity contribution is 7.90. The first kappa shape index (κ1) is 31.5. The van der Waals surface area contributed by atoms with Crippen molar-refractivity contribution in [3.05, 3.63) is 71.8 Å². The molecular formula is C35H42N8O3S. The van der Waals surface area contributed by atoms with Crippen LogP contribution in [0, 0.1) is 26.7 Å². The molecule has 11 nitrogen and oxygen atoms in total. The fraction of sp³-hybridized carbons (Fsp3) is 0.429. The van der Waals surface area contributed by atoms with Crippen molar-refractivity contribution < 1.29 is 13.2 Å². The van der Waals surface area contributed by atoms with Gasteiger partial charge < -0.3 is 14.5 Å². The van der Waals surface area contributed by atoms with Gasteiger partial charge in [-0.05, 0) is 84.3 Å². The maximum absolute atomic E-state index is 13.7. The van der Waals surface area contributed by atoms with Gasteiger partial charge in [-0.15, -0.1) is 0 Å². The number of benzene rings is 1. The Labute approximate surface area is 276 Å². The third kappa shape index (κ3) is 5.94. The molecule has 0 saturated carbocycles. The number of ether oxygens (including phenoxy) is 1. The molecule has 2 saturated heterocycles. The summed E-state index contributed by atoms with van der Waals surface area (Å²) in [5.74, 6) is 1.86. The van der Waals surface area contributed by atoms with Crippen molar-refractivity contribution in [1.82, 2.24) is 33.6 Å². The third-order valence-electron chi connectivity index (χ3n) is 9.54. The Balaban J connectivity index is 1.34. The van der Waals surface area contributed by atoms with E-state index in [1.165, 1.54) is 16.8 Å². The number of pyridine rings is 1. The summed E-state index contributed by atoms with van der Waals surface area (Å²) in [7, 11) is -1.68. The number of likely N-dealkylation sites (tertiary alicyclic amines) is 1. The first-order chi connectivity index (χ1) is 22.6. The Bertz CT molecular complexity index is 2040. The minimum absolute atomic E-state index is 0.130. The predicted octanol–water partition coefficient (Wildman–Crippen LogP) is 5.09. The van der Waals surface area contributed by atoms with E-state index in [1.807, 2.05) is 19.9 Å². The van der Waals surface area contributed by atoms with Crippen LogP contribution in [0.5, 0.6) is 0 Å². The third-order valence-corrected chi connectivity index (χ3v) is 11.2. The first-order valence-corrected chi connectivity index (χ1v) is 17.8. The minimum Gasteiger partial charge on any atom is -0.377 e. The van der Waals surface area contributed by atoms with Crippen LogP contribution in [0.4, 0.5) is 5.82 Å². The highest BCUT2D eigenvalue weighted by atomic mass is 32.2. The van der Waals surface area contributed by atoms with Crippen LogP contribution in [-0.2, 0) is 21.3 Å². The van der Waals surface area contributed by atoms with Crippen LogP contribution in [0.1, 0.15) is 36.7 Å². The number of aryl methyl sites for hydroxylation is 2. The Morgan fingerprint density at radius 1 is 1.02 bits per heavy atom. The quantitative estimate of drug-likeness (QED) is 0.237. The summed E-state index contributed by atoms with van der Waals surface area (Å²) in [4.78, 5) is 19.7. The lowest BCUT2D eigenvalue weighted by atomic mass is 9.98. The van der Waals surface area contributed by atoms with E-state index in [-0.39, 0.29) is 10.9 Å². The molecule has 0 spiro atoms. The summed E-state index contributed by atoms with van der Waals surface area (Å²) in [6, 6.07) is 12.7. The van der Waals surface area contributed by atoms with Crippen LogP contribution in [-0.4, -0.2) is 88.0 Å². The molecule has 0 N–H and O–H groups in total. The van der Waals surface area contributed by atoms with Crippen LogP contribution in [0.15, 0.2) is 59.8 Å². The van der Waals surface area contributed by atoms with Gasteiger partial charge in [0.2, 0.25) is 0 Å². The number of hydrogen-bond acceptors (Lipinski definition) is 9. The molecule has 0 radical (unpaired) electrons. The largest absolute Gasteiger partial charge is 0.377 e. The molecule has 0 bridgehead atoms. The van der Waals surface area contributed by atoms with Gasteiger partial charge >= 0.3 is 0 Å². The zero-order valence-electron chi connectivity index (χ0n) is 27.7. The maximum Gasteiger partial charge on any atom is 0.269 e. The van der Waals surface area contributed by atoms with Crippen LogP contribution in [0.25, 0.3) is 33.7 Å². The summed E-state index contributed by atoms with van der Waals surface area (Å²) in [6.07, 6.45) is 5.60. The number of nitrogens with zero attached hydrogens (tertiary/aromatic N) is 8. The summed E-state index contributed by atoms with van der Waals surface area (Å²) in [5.41, 5.74) is 5.83. The van der Waals surface area contributed by atoms with Crippen LogP contribution < -0.4 is 4.90 Å². The highest BCUT2D eigenvalue weighted by Crippen LogP contribution is 2.35. The number of fused-ring (bicyclic) bond motifs is 1. The van der Waals surface area contributed by atoms with E-state index >= 15 is 0 Å². The Hall–Kier alpha value is -4.13. The van der Waals surface area contributed by atoms with Crippen molar-refractivity contribution in [3.8, 4) is 22.6 Å². The fourth-order valence-electron chi connectivity index (χ4n) is 7.04. The van der Waals surface area contributed by atoms with Crippen molar-refractivity contribution in [2.75, 3.05) is 44.8 Å². The summed E-state index contributed by atoms with van der Waals surface area (Å²) >= 11 is 0. The summed E-state index contributed by atoms with van der Waals surface area (Å²) in [5, 5.41) is 5.66. The maximum atomic E-state index is 13.7. The van der Waals surface area contributed by atoms with Gasteiger partial charge in [0.25, 0.3) is 10.0 Å². The van der Waals surface area contributed by atoms with Crippen molar-refractivity contribution in [3.63, 3.8) is 0 Å². The van der Waals surface area contributed by atoms with Gasteiger partial charge in [0.15, 0.2) is 11.5 Å². The lowest BCUT2D eigenvalue weighted by Gasteiger charge is -2.34. The number of morpholine rings is 1. The van der Waals surface area contributed by atoms with Gasteiger partial charge in [-0.25, -0.2) is 27.3 Å². The normalized spacial score (nSPS) is 19.5. The lowest BCUT2D eigenvalue weighted by molar-refractivity contribution is 0.0985. The van der Waals surface area contributed by atoms with E-state index in [4.69, 9.17) is 19.8 Å². The lowest BCUT2D eigenvalue weighted by Crippen LogP contribution is -2.44. The molecule has 2 aliphatic rings. The van der Waals surface area contributed by atoms with Gasteiger partial charge in [-0.1, -0.05) is 17.7 Å². The number of rotatable bonds is 7. The van der Waals surface area contributed by atoms with Gasteiger partial charge in [-0.2, -0.15) is 5.10 Å². The highest BCUT2D eigenvalue weighted by Gasteiger charge is 2.27. The number of aromatic nitrogens is 6. The first-order valence-electron chi connectivity index (χ1n) is 16.3. The topological polar surface area (TPSA) is 111 Å². The zero-order valence-corrected chi connectivity index (χ0v) is 28.5. The van der Waals surface area contributed by atoms with Gasteiger partial charge in [0, 0.05) is 60.3 Å². The smallest absolute Gasteiger partial charge is 0.269 e. The molecule has 1 aromatic carbocycles. The van der Waals surface area contributed by atoms with Gasteiger partial charge in [0.1, 0.15) is 5.82 Å². The zero-order chi connectivity index (χ0) is 32.9. The average molecular weight is 655 g/mol. The molecule has 2 atom stereocenters. The Morgan fingerprint density at radius 3 is 2.60 bits per heavy atom. The Morgan fingerprint density at radius 2 is 1.83 bits per heavy atom. The van der Waals surface area contributed by atoms with Crippen LogP contribution in [0.2, 0.25) is 0 Å². The van der Waals surface area contributed by atoms with Crippen LogP contribution >= 0.6 is 0 Å². The molecule has 4 aromatic heterocycles. The second-order valence-corrected chi connectivity index (χ2v) is 14.9. The molecule has 2 fully saturated rings. The van der Waals surface area contributed by atoms with Crippen molar-refractivity contribution >= 4 is 26.9 Å². The molecule has 246 valence electrons. The summed E-state index contributed by atoms with van der Waals surface area (Å²) < 4.78 is 36.5. The SMILES string of the molecule is Cc1ccc(S(=O)(=O)n2ccc3c(-c4nc(-c5c(C)nn(CC6CCCN(C)C6)c5C)cc(N5CCOC[C@H]5C)n4)ccnc32)cc1. The molecule has 0 amide bonds. The summed E-state index contributed by atoms with van der Waals surface area (Å²) in [6.45, 7) is 13.3. The molecule has 2 aliphatic heterocycles. The van der Waals surface area contributed by atoms with Crippen LogP contribution in [0.3, 0.4) is 0 Å². The van der Waals surface area contributed by atoms with Gasteiger partial charge in [0.05, 0.1) is 35.5 Å². The molecule has 5 aromatic rings. The van der Waals surface area contributed by atoms with E-state index in [0.29, 0.717) is 48.1 Å². The van der Waals surface area contributed by atoms with Crippen molar-refractivity contribution in [2.45, 2.75) is 58.0 Å². The van der Waals surface area contributed by atoms with E-state index in [1.54, 1.807) is 42.7 Å². The monoisotopic (exact) mass is 654 g/mol. The number of hydrogen-bond donors (Lipinski definition) is 0. The van der Waals surface area contributed by atoms with E-state index in [9.17, 15) is 8.42 Å². The molecule has 7 rings (SSSR count). The van der Waals surface area contributed by atoms with Gasteiger partial charge in [-0.3, -0.25) is 4.68 Å². The standard InChI is InChI=1S/C35H42N8O3S/c1-23-8-10-28(11-9-23)47(44,45)43-16-13-30-29(12-14-36-35(30)43)34-37-31(19-32(38-34)41-17-18-46-22-24(41)2)33-25(3)39-42(26(33)4)21-27-7-6-15-40(5)20-27/h8-14,16,19,24,27H,6-7,15,17-18,20-22H2,1-5H3/t24-,27?/m1/s1. The van der Waals surface area contributed by atoms with Crippen molar-refractivity contribution in [2.24, 2.45) is 5.92 Å². The molecule has 47 heavy (non-hydrogen) atoms. The minimum atomic E-state index is -3.87. The predicted molar refractivity (Wildman–Crippen MR) is 183 cm³/mol. The molecule has 0 aliphatic carbocycles. The number of anilines is 1. The molecular weight excluding hydrogens is 613 g/mol. The average Bonchev–Trinajstić information content (AvgIpc) is 3.62. The number of piperidine rings is 1. The van der Waals surface area contributed by atoms with Crippen molar-refractivity contribution in [1.29, 1.82) is 0 Å². The second kappa shape index (κ2) is 12.5. The second-order valence-electron chi connectivity index (χ2n) is 13.1. The molecule has 6 heterocycles. The molecule has 1 unspecified atom stereocenters.